The molecule has 2 fully saturated rings. The molecule has 9 heteroatoms. The Balaban J connectivity index is 1.40. The number of nitrogens with zero attached hydrogens (tertiary/aromatic N) is 4. The Hall–Kier alpha value is -2.26. The molecule has 2 aliphatic rings. The lowest BCUT2D eigenvalue weighted by Crippen LogP contribution is -2.52. The zero-order chi connectivity index (χ0) is 20.4. The van der Waals surface area contributed by atoms with Crippen LogP contribution in [0.5, 0.6) is 5.75 Å². The van der Waals surface area contributed by atoms with Crippen LogP contribution < -0.4 is 15.0 Å². The minimum atomic E-state index is -4.69. The number of hydrogen-bond donors (Lipinski definition) is 1. The van der Waals surface area contributed by atoms with E-state index in [2.05, 4.69) is 19.9 Å². The van der Waals surface area contributed by atoms with Gasteiger partial charge in [0, 0.05) is 44.0 Å². The van der Waals surface area contributed by atoms with Gasteiger partial charge in [-0.3, -0.25) is 4.90 Å². The minimum absolute atomic E-state index is 0.236. The van der Waals surface area contributed by atoms with Gasteiger partial charge in [-0.2, -0.15) is 5.10 Å². The fraction of sp³-hybridized carbons (Fsp3) is 0.550. The van der Waals surface area contributed by atoms with Gasteiger partial charge in [0.2, 0.25) is 0 Å². The topological polar surface area (TPSA) is 45.6 Å². The molecule has 2 aliphatic heterocycles. The summed E-state index contributed by atoms with van der Waals surface area (Å²) >= 11 is 0. The lowest BCUT2D eigenvalue weighted by Gasteiger charge is -2.40. The maximum Gasteiger partial charge on any atom is 0.573 e. The highest BCUT2D eigenvalue weighted by Gasteiger charge is 2.31. The van der Waals surface area contributed by atoms with Crippen LogP contribution in [0.2, 0.25) is 0 Å². The number of benzene rings is 1. The van der Waals surface area contributed by atoms with Crippen molar-refractivity contribution in [1.82, 2.24) is 20.0 Å². The number of aromatic nitrogens is 2. The molecule has 6 nitrogen and oxygen atoms in total. The Morgan fingerprint density at radius 1 is 1.03 bits per heavy atom. The predicted octanol–water partition coefficient (Wildman–Crippen LogP) is 2.95. The van der Waals surface area contributed by atoms with Crippen molar-refractivity contribution >= 4 is 5.82 Å². The van der Waals surface area contributed by atoms with Crippen LogP contribution in [0.15, 0.2) is 30.3 Å². The van der Waals surface area contributed by atoms with Crippen LogP contribution in [0.3, 0.4) is 0 Å². The van der Waals surface area contributed by atoms with E-state index in [9.17, 15) is 13.2 Å². The zero-order valence-corrected chi connectivity index (χ0v) is 16.5. The van der Waals surface area contributed by atoms with E-state index in [0.29, 0.717) is 11.7 Å². The third-order valence-electron chi connectivity index (χ3n) is 5.65. The summed E-state index contributed by atoms with van der Waals surface area (Å²) in [5.74, 6) is 0.670. The molecule has 1 aromatic heterocycles. The van der Waals surface area contributed by atoms with Crippen molar-refractivity contribution in [2.45, 2.75) is 32.2 Å². The summed E-state index contributed by atoms with van der Waals surface area (Å²) < 4.78 is 42.7. The van der Waals surface area contributed by atoms with Crippen molar-refractivity contribution < 1.29 is 17.9 Å². The van der Waals surface area contributed by atoms with Crippen LogP contribution in [-0.2, 0) is 0 Å². The largest absolute Gasteiger partial charge is 0.573 e. The normalized spacial score (nSPS) is 19.5. The highest BCUT2D eigenvalue weighted by molar-refractivity contribution is 5.45. The molecule has 1 aromatic carbocycles. The Bertz CT molecular complexity index is 807. The molecular formula is C20H26F3N5O. The number of piperazine rings is 1. The second-order valence-electron chi connectivity index (χ2n) is 7.60. The first-order valence-electron chi connectivity index (χ1n) is 10.0. The molecule has 0 unspecified atom stereocenters. The lowest BCUT2D eigenvalue weighted by atomic mass is 10.0. The van der Waals surface area contributed by atoms with Gasteiger partial charge >= 0.3 is 6.36 Å². The van der Waals surface area contributed by atoms with Crippen molar-refractivity contribution in [3.8, 4) is 11.4 Å². The molecule has 0 saturated carbocycles. The van der Waals surface area contributed by atoms with Gasteiger partial charge in [0.1, 0.15) is 5.75 Å². The van der Waals surface area contributed by atoms with Crippen molar-refractivity contribution in [2.24, 2.45) is 0 Å². The molecule has 0 aliphatic carbocycles. The van der Waals surface area contributed by atoms with Crippen LogP contribution in [0.4, 0.5) is 19.0 Å². The molecule has 29 heavy (non-hydrogen) atoms. The third-order valence-corrected chi connectivity index (χ3v) is 5.65. The molecule has 0 atom stereocenters. The van der Waals surface area contributed by atoms with E-state index in [4.69, 9.17) is 5.10 Å². The number of nitrogens with one attached hydrogen (secondary N) is 1. The quantitative estimate of drug-likeness (QED) is 0.841. The monoisotopic (exact) mass is 409 g/mol. The van der Waals surface area contributed by atoms with Gasteiger partial charge in [-0.05, 0) is 57.1 Å². The lowest BCUT2D eigenvalue weighted by molar-refractivity contribution is -0.274. The van der Waals surface area contributed by atoms with E-state index in [-0.39, 0.29) is 5.75 Å². The number of alkyl halides is 3. The van der Waals surface area contributed by atoms with E-state index < -0.39 is 6.36 Å². The number of piperidine rings is 1. The van der Waals surface area contributed by atoms with Gasteiger partial charge in [0.25, 0.3) is 0 Å². The molecule has 2 saturated heterocycles. The second kappa shape index (κ2) is 8.23. The summed E-state index contributed by atoms with van der Waals surface area (Å²) in [6.07, 6.45) is -2.27. The summed E-state index contributed by atoms with van der Waals surface area (Å²) in [4.78, 5) is 4.86. The average molecular weight is 409 g/mol. The number of halogens is 3. The molecule has 2 aromatic rings. The van der Waals surface area contributed by atoms with Crippen LogP contribution in [-0.4, -0.2) is 66.4 Å². The fourth-order valence-corrected chi connectivity index (χ4v) is 4.15. The van der Waals surface area contributed by atoms with E-state index in [1.165, 1.54) is 25.0 Å². The summed E-state index contributed by atoms with van der Waals surface area (Å²) in [6, 6.07) is 8.48. The molecular weight excluding hydrogens is 383 g/mol. The predicted molar refractivity (Wildman–Crippen MR) is 105 cm³/mol. The second-order valence-corrected chi connectivity index (χ2v) is 7.60. The highest BCUT2D eigenvalue weighted by atomic mass is 19.4. The summed E-state index contributed by atoms with van der Waals surface area (Å²) in [6.45, 7) is 8.06. The van der Waals surface area contributed by atoms with Gasteiger partial charge < -0.3 is 15.0 Å². The Morgan fingerprint density at radius 3 is 2.31 bits per heavy atom. The standard InChI is InChI=1S/C20H26F3N5O/c1-15-14-19(27-12-10-26(11-13-27)16-6-8-24-9-7-16)25-28(15)17-2-4-18(5-3-17)29-20(21,22)23/h2-5,14,16,24H,6-13H2,1H3. The number of aryl methyl sites for hydroxylation is 1. The van der Waals surface area contributed by atoms with Crippen LogP contribution in [0.25, 0.3) is 5.69 Å². The van der Waals surface area contributed by atoms with Crippen molar-refractivity contribution in [3.63, 3.8) is 0 Å². The van der Waals surface area contributed by atoms with Crippen LogP contribution in [0.1, 0.15) is 18.5 Å². The summed E-state index contributed by atoms with van der Waals surface area (Å²) in [5.41, 5.74) is 1.64. The van der Waals surface area contributed by atoms with Crippen LogP contribution in [0, 0.1) is 6.92 Å². The smallest absolute Gasteiger partial charge is 0.406 e. The number of ether oxygens (including phenoxy) is 1. The Labute approximate surface area is 168 Å². The molecule has 0 amide bonds. The number of hydrogen-bond acceptors (Lipinski definition) is 5. The highest BCUT2D eigenvalue weighted by Crippen LogP contribution is 2.25. The first-order chi connectivity index (χ1) is 13.9. The molecule has 4 rings (SSSR count). The Morgan fingerprint density at radius 2 is 1.69 bits per heavy atom. The van der Waals surface area contributed by atoms with Crippen molar-refractivity contribution in [2.75, 3.05) is 44.2 Å². The van der Waals surface area contributed by atoms with E-state index in [0.717, 1.165) is 50.8 Å². The maximum atomic E-state index is 12.3. The first-order valence-corrected chi connectivity index (χ1v) is 10.0. The van der Waals surface area contributed by atoms with Crippen molar-refractivity contribution in [1.29, 1.82) is 0 Å². The zero-order valence-electron chi connectivity index (χ0n) is 16.5. The summed E-state index contributed by atoms with van der Waals surface area (Å²) in [5, 5.41) is 8.11. The molecule has 0 bridgehead atoms. The molecule has 0 spiro atoms. The third kappa shape index (κ3) is 4.84. The van der Waals surface area contributed by atoms with E-state index in [1.54, 1.807) is 16.8 Å². The molecule has 3 heterocycles. The summed E-state index contributed by atoms with van der Waals surface area (Å²) in [7, 11) is 0. The molecule has 1 N–H and O–H groups in total. The van der Waals surface area contributed by atoms with E-state index >= 15 is 0 Å². The maximum absolute atomic E-state index is 12.3. The fourth-order valence-electron chi connectivity index (χ4n) is 4.15. The minimum Gasteiger partial charge on any atom is -0.406 e. The number of anilines is 1. The average Bonchev–Trinajstić information content (AvgIpc) is 3.10. The molecule has 158 valence electrons. The number of rotatable bonds is 4. The van der Waals surface area contributed by atoms with Gasteiger partial charge in [-0.15, -0.1) is 13.2 Å². The SMILES string of the molecule is Cc1cc(N2CCN(C3CCNCC3)CC2)nn1-c1ccc(OC(F)(F)F)cc1. The first kappa shape index (κ1) is 20.0. The van der Waals surface area contributed by atoms with Crippen molar-refractivity contribution in [3.05, 3.63) is 36.0 Å². The van der Waals surface area contributed by atoms with Gasteiger partial charge in [-0.25, -0.2) is 4.68 Å². The van der Waals surface area contributed by atoms with Gasteiger partial charge in [0.15, 0.2) is 5.82 Å². The van der Waals surface area contributed by atoms with Gasteiger partial charge in [0.05, 0.1) is 5.69 Å². The molecule has 0 radical (unpaired) electrons. The van der Waals surface area contributed by atoms with Crippen LogP contribution >= 0.6 is 0 Å². The van der Waals surface area contributed by atoms with Gasteiger partial charge in [-0.1, -0.05) is 0 Å². The Kier molecular flexibility index (Phi) is 5.69. The van der Waals surface area contributed by atoms with E-state index in [1.807, 2.05) is 13.0 Å².